The number of aliphatic hydroxyl groups is 2. The topological polar surface area (TPSA) is 110 Å². The van der Waals surface area contributed by atoms with E-state index < -0.39 is 12.2 Å². The van der Waals surface area contributed by atoms with Gasteiger partial charge in [0.1, 0.15) is 11.6 Å². The molecule has 2 aromatic rings. The molecule has 2 saturated carbocycles. The molecule has 2 fully saturated rings. The van der Waals surface area contributed by atoms with Crippen LogP contribution in [0.4, 0.5) is 5.82 Å². The van der Waals surface area contributed by atoms with Gasteiger partial charge in [-0.15, -0.1) is 0 Å². The number of hydrogen-bond acceptors (Lipinski definition) is 6. The number of nitrogens with zero attached hydrogens (tertiary/aromatic N) is 4. The summed E-state index contributed by atoms with van der Waals surface area (Å²) in [5, 5.41) is 20.4. The van der Waals surface area contributed by atoms with Gasteiger partial charge in [-0.25, -0.2) is 15.0 Å². The maximum Gasteiger partial charge on any atom is 0.208 e. The lowest BCUT2D eigenvalue weighted by atomic mass is 10.1. The van der Waals surface area contributed by atoms with Crippen molar-refractivity contribution < 1.29 is 10.2 Å². The Balaban J connectivity index is 1.72. The summed E-state index contributed by atoms with van der Waals surface area (Å²) in [4.78, 5) is 13.0. The zero-order chi connectivity index (χ0) is 16.8. The van der Waals surface area contributed by atoms with Crippen molar-refractivity contribution in [2.75, 3.05) is 5.73 Å². The van der Waals surface area contributed by atoms with E-state index in [1.54, 1.807) is 6.33 Å². The van der Waals surface area contributed by atoms with E-state index >= 15 is 0 Å². The third kappa shape index (κ3) is 2.34. The number of anilines is 1. The second-order valence-corrected chi connectivity index (χ2v) is 6.70. The van der Waals surface area contributed by atoms with E-state index in [4.69, 9.17) is 5.73 Å². The standard InChI is InChI=1S/C17H21N5O2/c1-2-3-4-5-6-11-20-16(18)12-17(21-11)22(8-19-12)13-9-7-10(9)14(23)15(13)24/h8-10,13-15,23-24H,2-4,7H2,1H3,(H2,18,20,21)/t9-,10+,13+,14+,15-/m0/s1. The number of nitrogen functional groups attached to an aromatic ring is 1. The van der Waals surface area contributed by atoms with E-state index in [1.165, 1.54) is 0 Å². The molecule has 0 spiro atoms. The SMILES string of the molecule is CCCCC#Cc1nc(N)c2ncn([C@H]3[C@H](O)[C@H](O)[C@@H]4C[C@@H]43)c2n1. The van der Waals surface area contributed by atoms with Crippen LogP contribution in [0.3, 0.4) is 0 Å². The number of aliphatic hydroxyl groups excluding tert-OH is 2. The van der Waals surface area contributed by atoms with Crippen LogP contribution in [0.25, 0.3) is 11.2 Å². The molecule has 24 heavy (non-hydrogen) atoms. The molecule has 126 valence electrons. The monoisotopic (exact) mass is 327 g/mol. The van der Waals surface area contributed by atoms with Gasteiger partial charge in [-0.2, -0.15) is 0 Å². The number of imidazole rings is 1. The van der Waals surface area contributed by atoms with Gasteiger partial charge in [-0.3, -0.25) is 0 Å². The molecule has 2 heterocycles. The van der Waals surface area contributed by atoms with Gasteiger partial charge in [0.25, 0.3) is 0 Å². The largest absolute Gasteiger partial charge is 0.390 e. The average Bonchev–Trinajstić information content (AvgIpc) is 3.16. The van der Waals surface area contributed by atoms with Crippen LogP contribution in [0.5, 0.6) is 0 Å². The molecule has 0 unspecified atom stereocenters. The Morgan fingerprint density at radius 1 is 1.29 bits per heavy atom. The van der Waals surface area contributed by atoms with E-state index in [9.17, 15) is 10.2 Å². The average molecular weight is 327 g/mol. The summed E-state index contributed by atoms with van der Waals surface area (Å²) in [6, 6.07) is -0.217. The Bertz CT molecular complexity index is 837. The van der Waals surface area contributed by atoms with Crippen molar-refractivity contribution in [3.63, 3.8) is 0 Å². The van der Waals surface area contributed by atoms with Gasteiger partial charge in [0.15, 0.2) is 11.5 Å². The lowest BCUT2D eigenvalue weighted by molar-refractivity contribution is 0.00386. The van der Waals surface area contributed by atoms with Crippen molar-refractivity contribution in [3.05, 3.63) is 12.2 Å². The van der Waals surface area contributed by atoms with Gasteiger partial charge >= 0.3 is 0 Å². The van der Waals surface area contributed by atoms with Crippen molar-refractivity contribution in [1.82, 2.24) is 19.5 Å². The lowest BCUT2D eigenvalue weighted by Crippen LogP contribution is -2.31. The highest BCUT2D eigenvalue weighted by Gasteiger charge is 2.60. The zero-order valence-corrected chi connectivity index (χ0v) is 13.6. The van der Waals surface area contributed by atoms with Crippen LogP contribution < -0.4 is 5.73 Å². The molecule has 0 aliphatic heterocycles. The van der Waals surface area contributed by atoms with Gasteiger partial charge in [0.2, 0.25) is 5.82 Å². The summed E-state index contributed by atoms with van der Waals surface area (Å²) in [6.45, 7) is 2.12. The molecule has 0 radical (unpaired) electrons. The minimum atomic E-state index is -0.804. The number of fused-ring (bicyclic) bond motifs is 2. The molecule has 7 heteroatoms. The maximum absolute atomic E-state index is 10.3. The Kier molecular flexibility index (Phi) is 3.66. The minimum absolute atomic E-state index is 0.176. The van der Waals surface area contributed by atoms with E-state index in [-0.39, 0.29) is 17.9 Å². The number of unbranched alkanes of at least 4 members (excludes halogenated alkanes) is 2. The van der Waals surface area contributed by atoms with Gasteiger partial charge < -0.3 is 20.5 Å². The second kappa shape index (κ2) is 5.72. The third-order valence-corrected chi connectivity index (χ3v) is 5.09. The van der Waals surface area contributed by atoms with Gasteiger partial charge in [0.05, 0.1) is 18.5 Å². The summed E-state index contributed by atoms with van der Waals surface area (Å²) in [5.74, 6) is 7.12. The molecule has 2 aliphatic rings. The Morgan fingerprint density at radius 2 is 2.12 bits per heavy atom. The van der Waals surface area contributed by atoms with Gasteiger partial charge in [-0.05, 0) is 30.6 Å². The van der Waals surface area contributed by atoms with Crippen molar-refractivity contribution >= 4 is 17.0 Å². The van der Waals surface area contributed by atoms with Crippen LogP contribution >= 0.6 is 0 Å². The molecule has 2 aliphatic carbocycles. The smallest absolute Gasteiger partial charge is 0.208 e. The van der Waals surface area contributed by atoms with Crippen LogP contribution in [0.15, 0.2) is 6.33 Å². The Hall–Kier alpha value is -2.17. The van der Waals surface area contributed by atoms with Crippen molar-refractivity contribution in [1.29, 1.82) is 0 Å². The first-order chi connectivity index (χ1) is 11.6. The fourth-order valence-corrected chi connectivity index (χ4v) is 3.72. The van der Waals surface area contributed by atoms with Crippen LogP contribution in [0.2, 0.25) is 0 Å². The normalized spacial score (nSPS) is 30.9. The molecule has 0 bridgehead atoms. The molecule has 0 saturated heterocycles. The van der Waals surface area contributed by atoms with Crippen molar-refractivity contribution in [2.24, 2.45) is 11.8 Å². The van der Waals surface area contributed by atoms with E-state index in [1.807, 2.05) is 4.57 Å². The van der Waals surface area contributed by atoms with Crippen LogP contribution in [-0.4, -0.2) is 41.9 Å². The second-order valence-electron chi connectivity index (χ2n) is 6.70. The van der Waals surface area contributed by atoms with Crippen LogP contribution in [0, 0.1) is 23.7 Å². The number of hydrogen-bond donors (Lipinski definition) is 3. The summed E-state index contributed by atoms with van der Waals surface area (Å²) in [5.41, 5.74) is 7.09. The third-order valence-electron chi connectivity index (χ3n) is 5.09. The molecule has 7 nitrogen and oxygen atoms in total. The fraction of sp³-hybridized carbons (Fsp3) is 0.588. The van der Waals surface area contributed by atoms with Gasteiger partial charge in [0, 0.05) is 6.42 Å². The Labute approximate surface area is 139 Å². The zero-order valence-electron chi connectivity index (χ0n) is 13.6. The molecule has 4 N–H and O–H groups in total. The summed E-state index contributed by atoms with van der Waals surface area (Å²) >= 11 is 0. The molecule has 4 rings (SSSR count). The van der Waals surface area contributed by atoms with Gasteiger partial charge in [-0.1, -0.05) is 19.3 Å². The summed E-state index contributed by atoms with van der Waals surface area (Å²) in [6.07, 6.45) is 4.00. The first-order valence-corrected chi connectivity index (χ1v) is 8.47. The maximum atomic E-state index is 10.3. The fourth-order valence-electron chi connectivity index (χ4n) is 3.72. The first kappa shape index (κ1) is 15.4. The van der Waals surface area contributed by atoms with Crippen molar-refractivity contribution in [2.45, 2.75) is 50.9 Å². The predicted molar refractivity (Wildman–Crippen MR) is 88.8 cm³/mol. The van der Waals surface area contributed by atoms with Crippen molar-refractivity contribution in [3.8, 4) is 11.8 Å². The Morgan fingerprint density at radius 3 is 2.83 bits per heavy atom. The van der Waals surface area contributed by atoms with E-state index in [2.05, 4.69) is 33.7 Å². The predicted octanol–water partition coefficient (Wildman–Crippen LogP) is 0.863. The quantitative estimate of drug-likeness (QED) is 0.570. The van der Waals surface area contributed by atoms with E-state index in [0.717, 1.165) is 25.7 Å². The highest BCUT2D eigenvalue weighted by atomic mass is 16.3. The number of nitrogens with two attached hydrogens (primary N) is 1. The highest BCUT2D eigenvalue weighted by molar-refractivity contribution is 5.82. The minimum Gasteiger partial charge on any atom is -0.390 e. The molecule has 2 aromatic heterocycles. The van der Waals surface area contributed by atoms with E-state index in [0.29, 0.717) is 22.8 Å². The van der Waals surface area contributed by atoms with Crippen LogP contribution in [0.1, 0.15) is 44.5 Å². The lowest BCUT2D eigenvalue weighted by Gasteiger charge is -2.22. The first-order valence-electron chi connectivity index (χ1n) is 8.47. The molecular weight excluding hydrogens is 306 g/mol. The molecule has 0 aromatic carbocycles. The highest BCUT2D eigenvalue weighted by Crippen LogP contribution is 2.57. The van der Waals surface area contributed by atoms with Crippen LogP contribution in [-0.2, 0) is 0 Å². The molecule has 0 amide bonds. The number of aromatic nitrogens is 4. The summed E-state index contributed by atoms with van der Waals surface area (Å²) in [7, 11) is 0. The molecular formula is C17H21N5O2. The molecule has 5 atom stereocenters. The summed E-state index contributed by atoms with van der Waals surface area (Å²) < 4.78 is 1.83. The number of rotatable bonds is 3.